The fraction of sp³-hybridized carbons (Fsp3) is 0.143. The molecule has 0 bridgehead atoms. The van der Waals surface area contributed by atoms with Crippen LogP contribution in [0.15, 0.2) is 29.2 Å². The van der Waals surface area contributed by atoms with Gasteiger partial charge < -0.3 is 5.73 Å². The SMILES string of the molecule is Nc1ccc(S(=O)(=O)CF)cc1. The van der Waals surface area contributed by atoms with Gasteiger partial charge in [-0.25, -0.2) is 12.8 Å². The number of sulfone groups is 1. The fourth-order valence-corrected chi connectivity index (χ4v) is 1.41. The summed E-state index contributed by atoms with van der Waals surface area (Å²) in [6.07, 6.45) is 0. The molecule has 0 radical (unpaired) electrons. The van der Waals surface area contributed by atoms with Gasteiger partial charge in [0, 0.05) is 5.69 Å². The van der Waals surface area contributed by atoms with E-state index in [1.807, 2.05) is 0 Å². The van der Waals surface area contributed by atoms with Crippen LogP contribution in [0.1, 0.15) is 0 Å². The number of alkyl halides is 1. The molecular weight excluding hydrogens is 181 g/mol. The van der Waals surface area contributed by atoms with Crippen LogP contribution in [0.3, 0.4) is 0 Å². The molecule has 5 heteroatoms. The van der Waals surface area contributed by atoms with Crippen LogP contribution in [0.2, 0.25) is 0 Å². The van der Waals surface area contributed by atoms with Gasteiger partial charge in [0.25, 0.3) is 0 Å². The molecule has 2 N–H and O–H groups in total. The quantitative estimate of drug-likeness (QED) is 0.705. The molecule has 0 amide bonds. The van der Waals surface area contributed by atoms with Crippen LogP contribution < -0.4 is 5.73 Å². The van der Waals surface area contributed by atoms with Crippen molar-refractivity contribution in [3.05, 3.63) is 24.3 Å². The second-order valence-electron chi connectivity index (χ2n) is 2.29. The summed E-state index contributed by atoms with van der Waals surface area (Å²) in [5, 5.41) is 0. The van der Waals surface area contributed by atoms with Crippen LogP contribution in [-0.4, -0.2) is 14.4 Å². The smallest absolute Gasteiger partial charge is 0.207 e. The van der Waals surface area contributed by atoms with E-state index in [0.29, 0.717) is 5.69 Å². The molecule has 3 nitrogen and oxygen atoms in total. The van der Waals surface area contributed by atoms with Crippen molar-refractivity contribution in [1.82, 2.24) is 0 Å². The second kappa shape index (κ2) is 3.10. The number of nitrogen functional groups attached to an aromatic ring is 1. The van der Waals surface area contributed by atoms with E-state index >= 15 is 0 Å². The summed E-state index contributed by atoms with van der Waals surface area (Å²) in [6.45, 7) is 0. The van der Waals surface area contributed by atoms with Gasteiger partial charge in [0.1, 0.15) is 0 Å². The van der Waals surface area contributed by atoms with Crippen LogP contribution in [0, 0.1) is 0 Å². The Morgan fingerprint density at radius 2 is 1.75 bits per heavy atom. The Morgan fingerprint density at radius 1 is 1.25 bits per heavy atom. The van der Waals surface area contributed by atoms with Crippen molar-refractivity contribution in [3.8, 4) is 0 Å². The van der Waals surface area contributed by atoms with Crippen molar-refractivity contribution in [2.75, 3.05) is 11.7 Å². The third-order valence-corrected chi connectivity index (χ3v) is 2.66. The summed E-state index contributed by atoms with van der Waals surface area (Å²) in [6, 6.07) is 4.02. The predicted octanol–water partition coefficient (Wildman–Crippen LogP) is 0.970. The number of halogens is 1. The van der Waals surface area contributed by atoms with Gasteiger partial charge in [-0.1, -0.05) is 0 Å². The van der Waals surface area contributed by atoms with E-state index in [4.69, 9.17) is 5.73 Å². The molecule has 0 atom stereocenters. The Balaban J connectivity index is 3.14. The minimum absolute atomic E-state index is 0.0424. The number of hydrogen-bond acceptors (Lipinski definition) is 3. The maximum Gasteiger partial charge on any atom is 0.207 e. The Kier molecular flexibility index (Phi) is 2.32. The molecule has 0 saturated carbocycles. The predicted molar refractivity (Wildman–Crippen MR) is 44.0 cm³/mol. The molecule has 0 aromatic heterocycles. The average molecular weight is 189 g/mol. The third-order valence-electron chi connectivity index (χ3n) is 1.38. The summed E-state index contributed by atoms with van der Waals surface area (Å²) in [4.78, 5) is -0.0424. The van der Waals surface area contributed by atoms with Gasteiger partial charge >= 0.3 is 0 Å². The lowest BCUT2D eigenvalue weighted by Crippen LogP contribution is -2.02. The van der Waals surface area contributed by atoms with E-state index in [2.05, 4.69) is 0 Å². The maximum atomic E-state index is 11.9. The maximum absolute atomic E-state index is 11.9. The normalized spacial score (nSPS) is 11.4. The van der Waals surface area contributed by atoms with E-state index in [-0.39, 0.29) is 4.90 Å². The van der Waals surface area contributed by atoms with E-state index in [1.54, 1.807) is 0 Å². The highest BCUT2D eigenvalue weighted by atomic mass is 32.2. The number of hydrogen-bond donors (Lipinski definition) is 1. The molecule has 0 spiro atoms. The molecule has 0 heterocycles. The first-order chi connectivity index (χ1) is 5.56. The minimum Gasteiger partial charge on any atom is -0.399 e. The Bertz CT molecular complexity index is 357. The molecule has 0 saturated heterocycles. The Labute approximate surface area is 69.9 Å². The Morgan fingerprint density at radius 3 is 2.17 bits per heavy atom. The largest absolute Gasteiger partial charge is 0.399 e. The topological polar surface area (TPSA) is 60.2 Å². The second-order valence-corrected chi connectivity index (χ2v) is 4.21. The highest BCUT2D eigenvalue weighted by Crippen LogP contribution is 2.13. The van der Waals surface area contributed by atoms with Crippen LogP contribution in [0.5, 0.6) is 0 Å². The summed E-state index contributed by atoms with van der Waals surface area (Å²) >= 11 is 0. The molecule has 66 valence electrons. The number of nitrogens with two attached hydrogens (primary N) is 1. The first-order valence-electron chi connectivity index (χ1n) is 3.20. The molecule has 1 aromatic carbocycles. The molecular formula is C7H8FNO2S. The minimum atomic E-state index is -3.74. The zero-order valence-electron chi connectivity index (χ0n) is 6.20. The molecule has 0 aliphatic carbocycles. The first-order valence-corrected chi connectivity index (χ1v) is 4.86. The van der Waals surface area contributed by atoms with Crippen molar-refractivity contribution >= 4 is 15.5 Å². The lowest BCUT2D eigenvalue weighted by atomic mass is 10.3. The van der Waals surface area contributed by atoms with E-state index in [9.17, 15) is 12.8 Å². The van der Waals surface area contributed by atoms with E-state index < -0.39 is 15.8 Å². The summed E-state index contributed by atoms with van der Waals surface area (Å²) in [7, 11) is -3.74. The van der Waals surface area contributed by atoms with Crippen molar-refractivity contribution in [2.45, 2.75) is 4.90 Å². The van der Waals surface area contributed by atoms with Gasteiger partial charge in [-0.3, -0.25) is 0 Å². The zero-order valence-corrected chi connectivity index (χ0v) is 7.01. The number of benzene rings is 1. The van der Waals surface area contributed by atoms with Crippen molar-refractivity contribution in [3.63, 3.8) is 0 Å². The third kappa shape index (κ3) is 1.73. The molecule has 0 aliphatic heterocycles. The lowest BCUT2D eigenvalue weighted by Gasteiger charge is -1.98. The van der Waals surface area contributed by atoms with Gasteiger partial charge in [0.2, 0.25) is 9.84 Å². The van der Waals surface area contributed by atoms with Crippen LogP contribution in [0.4, 0.5) is 10.1 Å². The number of rotatable bonds is 2. The molecule has 12 heavy (non-hydrogen) atoms. The highest BCUT2D eigenvalue weighted by Gasteiger charge is 2.12. The highest BCUT2D eigenvalue weighted by molar-refractivity contribution is 7.91. The zero-order chi connectivity index (χ0) is 9.19. The van der Waals surface area contributed by atoms with Gasteiger partial charge in [-0.15, -0.1) is 0 Å². The van der Waals surface area contributed by atoms with Gasteiger partial charge in [-0.05, 0) is 24.3 Å². The molecule has 0 unspecified atom stereocenters. The lowest BCUT2D eigenvalue weighted by molar-refractivity contribution is 0.534. The number of anilines is 1. The van der Waals surface area contributed by atoms with Crippen LogP contribution in [-0.2, 0) is 9.84 Å². The van der Waals surface area contributed by atoms with Crippen LogP contribution >= 0.6 is 0 Å². The summed E-state index contributed by atoms with van der Waals surface area (Å²) < 4.78 is 33.7. The summed E-state index contributed by atoms with van der Waals surface area (Å²) in [5.74, 6) is 0. The monoisotopic (exact) mass is 189 g/mol. The summed E-state index contributed by atoms with van der Waals surface area (Å²) in [5.41, 5.74) is 5.77. The Hall–Kier alpha value is -1.10. The fourth-order valence-electron chi connectivity index (χ4n) is 0.738. The van der Waals surface area contributed by atoms with Crippen LogP contribution in [0.25, 0.3) is 0 Å². The van der Waals surface area contributed by atoms with Gasteiger partial charge in [-0.2, -0.15) is 0 Å². The van der Waals surface area contributed by atoms with Crippen molar-refractivity contribution < 1.29 is 12.8 Å². The first kappa shape index (κ1) is 8.99. The van der Waals surface area contributed by atoms with Crippen molar-refractivity contribution in [2.24, 2.45) is 0 Å². The molecule has 0 aliphatic rings. The van der Waals surface area contributed by atoms with Gasteiger partial charge in [0.15, 0.2) is 6.01 Å². The molecule has 1 rings (SSSR count). The average Bonchev–Trinajstić information content (AvgIpc) is 2.05. The van der Waals surface area contributed by atoms with Gasteiger partial charge in [0.05, 0.1) is 4.90 Å². The standard InChI is InChI=1S/C7H8FNO2S/c8-5-12(10,11)7-3-1-6(9)2-4-7/h1-4H,5,9H2. The van der Waals surface area contributed by atoms with E-state index in [1.165, 1.54) is 24.3 Å². The van der Waals surface area contributed by atoms with Crippen molar-refractivity contribution in [1.29, 1.82) is 0 Å². The molecule has 1 aromatic rings. The molecule has 0 fully saturated rings. The van der Waals surface area contributed by atoms with E-state index in [0.717, 1.165) is 0 Å².